The number of aryl methyl sites for hydroxylation is 2. The Morgan fingerprint density at radius 2 is 2.21 bits per heavy atom. The maximum absolute atomic E-state index is 12.8. The van der Waals surface area contributed by atoms with Crippen LogP contribution in [-0.4, -0.2) is 38.0 Å². The van der Waals surface area contributed by atoms with Gasteiger partial charge in [-0.1, -0.05) is 23.9 Å². The van der Waals surface area contributed by atoms with Gasteiger partial charge in [0.05, 0.1) is 16.5 Å². The summed E-state index contributed by atoms with van der Waals surface area (Å²) < 4.78 is 1.96. The minimum atomic E-state index is 0.0896. The average Bonchev–Trinajstić information content (AvgIpc) is 3.39. The normalized spacial score (nSPS) is 13.0. The third-order valence-electron chi connectivity index (χ3n) is 4.73. The maximum Gasteiger partial charge on any atom is 0.237 e. The number of fused-ring (bicyclic) bond motifs is 1. The third kappa shape index (κ3) is 3.62. The van der Waals surface area contributed by atoms with Crippen LogP contribution in [0.15, 0.2) is 41.4 Å². The number of carbonyl (C=O) groups excluding carboxylic acids is 1. The lowest BCUT2D eigenvalue weighted by molar-refractivity contribution is -0.116. The number of allylic oxidation sites excluding steroid dienone is 1. The van der Waals surface area contributed by atoms with Gasteiger partial charge in [0.1, 0.15) is 5.82 Å². The lowest BCUT2D eigenvalue weighted by Crippen LogP contribution is -2.30. The lowest BCUT2D eigenvalue weighted by Gasteiger charge is -2.17. The van der Waals surface area contributed by atoms with Crippen molar-refractivity contribution in [1.82, 2.24) is 19.7 Å². The molecule has 1 aromatic carbocycles. The van der Waals surface area contributed by atoms with E-state index in [0.29, 0.717) is 18.8 Å². The molecule has 0 saturated heterocycles. The first kappa shape index (κ1) is 18.9. The standard InChI is InChI=1S/C20H21N5OS2/c1-4-8-24-13(2)22-23-20(24)28-12-19(26)25-9-7-16-10-15(5-6-18(16)25)17-11-27-14(3)21-17/h4-6,10-11H,1,7-9,12H2,2-3H3. The quantitative estimate of drug-likeness (QED) is 0.455. The fourth-order valence-electron chi connectivity index (χ4n) is 3.33. The van der Waals surface area contributed by atoms with Crippen LogP contribution in [0.5, 0.6) is 0 Å². The number of amides is 1. The molecule has 6 nitrogen and oxygen atoms in total. The highest BCUT2D eigenvalue weighted by Gasteiger charge is 2.25. The highest BCUT2D eigenvalue weighted by atomic mass is 32.2. The zero-order chi connectivity index (χ0) is 19.7. The first-order valence-electron chi connectivity index (χ1n) is 9.06. The largest absolute Gasteiger partial charge is 0.311 e. The number of hydrogen-bond donors (Lipinski definition) is 0. The number of anilines is 1. The Labute approximate surface area is 172 Å². The molecular weight excluding hydrogens is 390 g/mol. The molecular formula is C20H21N5OS2. The Morgan fingerprint density at radius 3 is 2.96 bits per heavy atom. The minimum Gasteiger partial charge on any atom is -0.311 e. The second-order valence-electron chi connectivity index (χ2n) is 6.61. The number of benzene rings is 1. The van der Waals surface area contributed by atoms with Gasteiger partial charge in [0.15, 0.2) is 5.16 Å². The van der Waals surface area contributed by atoms with Crippen LogP contribution in [0.4, 0.5) is 5.69 Å². The van der Waals surface area contributed by atoms with E-state index in [9.17, 15) is 4.79 Å². The van der Waals surface area contributed by atoms with E-state index >= 15 is 0 Å². The number of carbonyl (C=O) groups is 1. The second-order valence-corrected chi connectivity index (χ2v) is 8.61. The summed E-state index contributed by atoms with van der Waals surface area (Å²) in [7, 11) is 0. The molecule has 144 valence electrons. The molecule has 0 aliphatic carbocycles. The van der Waals surface area contributed by atoms with Crippen molar-refractivity contribution >= 4 is 34.7 Å². The maximum atomic E-state index is 12.8. The van der Waals surface area contributed by atoms with Crippen LogP contribution in [0.1, 0.15) is 16.4 Å². The summed E-state index contributed by atoms with van der Waals surface area (Å²) in [6.45, 7) is 9.04. The number of hydrogen-bond acceptors (Lipinski definition) is 6. The van der Waals surface area contributed by atoms with E-state index in [0.717, 1.165) is 39.4 Å². The van der Waals surface area contributed by atoms with Crippen molar-refractivity contribution in [2.24, 2.45) is 0 Å². The molecule has 1 aliphatic rings. The number of thiazole rings is 1. The van der Waals surface area contributed by atoms with Gasteiger partial charge in [-0.25, -0.2) is 4.98 Å². The smallest absolute Gasteiger partial charge is 0.237 e. The number of thioether (sulfide) groups is 1. The van der Waals surface area contributed by atoms with Crippen molar-refractivity contribution in [3.05, 3.63) is 52.6 Å². The van der Waals surface area contributed by atoms with Crippen molar-refractivity contribution in [2.45, 2.75) is 32.0 Å². The monoisotopic (exact) mass is 411 g/mol. The molecule has 1 aliphatic heterocycles. The fraction of sp³-hybridized carbons (Fsp3) is 0.300. The van der Waals surface area contributed by atoms with E-state index in [1.165, 1.54) is 17.3 Å². The minimum absolute atomic E-state index is 0.0896. The van der Waals surface area contributed by atoms with Gasteiger partial charge >= 0.3 is 0 Å². The van der Waals surface area contributed by atoms with Gasteiger partial charge in [0.25, 0.3) is 0 Å². The van der Waals surface area contributed by atoms with Gasteiger partial charge in [-0.05, 0) is 38.0 Å². The van der Waals surface area contributed by atoms with Crippen LogP contribution in [0, 0.1) is 13.8 Å². The molecule has 0 fully saturated rings. The predicted molar refractivity (Wildman–Crippen MR) is 114 cm³/mol. The van der Waals surface area contributed by atoms with E-state index in [4.69, 9.17) is 0 Å². The zero-order valence-corrected chi connectivity index (χ0v) is 17.5. The summed E-state index contributed by atoms with van der Waals surface area (Å²) in [6, 6.07) is 6.25. The van der Waals surface area contributed by atoms with Crippen LogP contribution >= 0.6 is 23.1 Å². The molecule has 0 bridgehead atoms. The Bertz CT molecular complexity index is 1040. The Morgan fingerprint density at radius 1 is 1.36 bits per heavy atom. The van der Waals surface area contributed by atoms with Gasteiger partial charge in [0, 0.05) is 29.7 Å². The molecule has 0 radical (unpaired) electrons. The van der Waals surface area contributed by atoms with E-state index in [1.54, 1.807) is 17.4 Å². The molecule has 0 N–H and O–H groups in total. The van der Waals surface area contributed by atoms with Crippen LogP contribution in [0.25, 0.3) is 11.3 Å². The first-order chi connectivity index (χ1) is 13.6. The highest BCUT2D eigenvalue weighted by molar-refractivity contribution is 7.99. The van der Waals surface area contributed by atoms with Gasteiger partial charge in [-0.2, -0.15) is 0 Å². The fourth-order valence-corrected chi connectivity index (χ4v) is 4.82. The molecule has 0 unspecified atom stereocenters. The van der Waals surface area contributed by atoms with Gasteiger partial charge in [-0.15, -0.1) is 28.1 Å². The summed E-state index contributed by atoms with van der Waals surface area (Å²) in [5.41, 5.74) is 4.32. The van der Waals surface area contributed by atoms with Crippen LogP contribution in [0.2, 0.25) is 0 Å². The van der Waals surface area contributed by atoms with E-state index < -0.39 is 0 Å². The van der Waals surface area contributed by atoms with Crippen LogP contribution < -0.4 is 4.90 Å². The van der Waals surface area contributed by atoms with Crippen molar-refractivity contribution in [1.29, 1.82) is 0 Å². The molecule has 0 spiro atoms. The second kappa shape index (κ2) is 7.89. The summed E-state index contributed by atoms with van der Waals surface area (Å²) in [5.74, 6) is 1.25. The van der Waals surface area contributed by atoms with E-state index in [1.807, 2.05) is 29.4 Å². The summed E-state index contributed by atoms with van der Waals surface area (Å²) in [5, 5.41) is 12.2. The molecule has 0 atom stereocenters. The Balaban J connectivity index is 1.47. The molecule has 28 heavy (non-hydrogen) atoms. The average molecular weight is 412 g/mol. The van der Waals surface area contributed by atoms with Crippen LogP contribution in [-0.2, 0) is 17.8 Å². The van der Waals surface area contributed by atoms with Gasteiger partial charge < -0.3 is 9.47 Å². The summed E-state index contributed by atoms with van der Waals surface area (Å²) >= 11 is 3.07. The van der Waals surface area contributed by atoms with Crippen molar-refractivity contribution < 1.29 is 4.79 Å². The molecule has 8 heteroatoms. The van der Waals surface area contributed by atoms with Crippen molar-refractivity contribution in [2.75, 3.05) is 17.2 Å². The van der Waals surface area contributed by atoms with Crippen molar-refractivity contribution in [3.8, 4) is 11.3 Å². The van der Waals surface area contributed by atoms with Crippen molar-refractivity contribution in [3.63, 3.8) is 0 Å². The van der Waals surface area contributed by atoms with Crippen LogP contribution in [0.3, 0.4) is 0 Å². The van der Waals surface area contributed by atoms with E-state index in [2.05, 4.69) is 39.3 Å². The molecule has 3 heterocycles. The molecule has 2 aromatic heterocycles. The molecule has 1 amide bonds. The number of rotatable bonds is 6. The predicted octanol–water partition coefficient (Wildman–Crippen LogP) is 3.89. The highest BCUT2D eigenvalue weighted by Crippen LogP contribution is 2.33. The Kier molecular flexibility index (Phi) is 5.32. The topological polar surface area (TPSA) is 63.9 Å². The van der Waals surface area contributed by atoms with E-state index in [-0.39, 0.29) is 5.91 Å². The van der Waals surface area contributed by atoms with Gasteiger partial charge in [0.2, 0.25) is 5.91 Å². The molecule has 4 rings (SSSR count). The molecule has 0 saturated carbocycles. The Hall–Kier alpha value is -2.45. The summed E-state index contributed by atoms with van der Waals surface area (Å²) in [6.07, 6.45) is 2.68. The third-order valence-corrected chi connectivity index (χ3v) is 6.45. The molecule has 3 aromatic rings. The zero-order valence-electron chi connectivity index (χ0n) is 15.9. The van der Waals surface area contributed by atoms with Gasteiger partial charge in [-0.3, -0.25) is 4.79 Å². The lowest BCUT2D eigenvalue weighted by atomic mass is 10.1. The summed E-state index contributed by atoms with van der Waals surface area (Å²) in [4.78, 5) is 19.3. The number of aromatic nitrogens is 4. The first-order valence-corrected chi connectivity index (χ1v) is 10.9. The SMILES string of the molecule is C=CCn1c(C)nnc1SCC(=O)N1CCc2cc(-c3csc(C)n3)ccc21. The number of nitrogens with zero attached hydrogens (tertiary/aromatic N) is 5.